The minimum atomic E-state index is -0.496. The predicted molar refractivity (Wildman–Crippen MR) is 63.6 cm³/mol. The van der Waals surface area contributed by atoms with E-state index in [-0.39, 0.29) is 5.56 Å². The topological polar surface area (TPSA) is 35.5 Å². The van der Waals surface area contributed by atoms with Crippen LogP contribution in [0.4, 0.5) is 0 Å². The van der Waals surface area contributed by atoms with Gasteiger partial charge in [-0.2, -0.15) is 0 Å². The Kier molecular flexibility index (Phi) is 4.90. The Balaban J connectivity index is 3.11. The molecule has 0 N–H and O–H groups in total. The van der Waals surface area contributed by atoms with Gasteiger partial charge in [0, 0.05) is 6.07 Å². The molecule has 1 aromatic rings. The summed E-state index contributed by atoms with van der Waals surface area (Å²) in [6.45, 7) is 2.47. The van der Waals surface area contributed by atoms with E-state index in [0.29, 0.717) is 22.4 Å². The molecule has 16 heavy (non-hydrogen) atoms. The third kappa shape index (κ3) is 3.03. The molecule has 0 aliphatic carbocycles. The Bertz CT molecular complexity index is 391. The molecule has 1 rings (SSSR count). The van der Waals surface area contributed by atoms with Crippen molar-refractivity contribution >= 4 is 29.2 Å². The van der Waals surface area contributed by atoms with Gasteiger partial charge >= 0.3 is 5.97 Å². The minimum Gasteiger partial charge on any atom is -0.493 e. The molecule has 3 nitrogen and oxygen atoms in total. The van der Waals surface area contributed by atoms with Crippen molar-refractivity contribution in [3.63, 3.8) is 0 Å². The summed E-state index contributed by atoms with van der Waals surface area (Å²) in [5.41, 5.74) is 0.283. The highest BCUT2D eigenvalue weighted by molar-refractivity contribution is 6.42. The summed E-state index contributed by atoms with van der Waals surface area (Å²) in [5, 5.41) is 0.645. The molecule has 0 spiro atoms. The highest BCUT2D eigenvalue weighted by Crippen LogP contribution is 2.31. The lowest BCUT2D eigenvalue weighted by Gasteiger charge is -2.10. The molecule has 5 heteroatoms. The maximum Gasteiger partial charge on any atom is 0.341 e. The van der Waals surface area contributed by atoms with E-state index in [9.17, 15) is 4.79 Å². The summed E-state index contributed by atoms with van der Waals surface area (Å²) in [4.78, 5) is 11.5. The van der Waals surface area contributed by atoms with Gasteiger partial charge in [-0.1, -0.05) is 30.1 Å². The van der Waals surface area contributed by atoms with Crippen molar-refractivity contribution in [2.45, 2.75) is 13.3 Å². The molecule has 0 radical (unpaired) electrons. The summed E-state index contributed by atoms with van der Waals surface area (Å²) in [6, 6.07) is 2.96. The molecule has 0 aliphatic heterocycles. The van der Waals surface area contributed by atoms with E-state index in [1.165, 1.54) is 19.2 Å². The second-order valence-electron chi connectivity index (χ2n) is 3.10. The van der Waals surface area contributed by atoms with Crippen molar-refractivity contribution in [1.29, 1.82) is 0 Å². The van der Waals surface area contributed by atoms with Crippen LogP contribution in [0, 0.1) is 0 Å². The zero-order valence-corrected chi connectivity index (χ0v) is 10.6. The molecule has 1 aromatic carbocycles. The maximum absolute atomic E-state index is 11.5. The van der Waals surface area contributed by atoms with E-state index < -0.39 is 5.97 Å². The van der Waals surface area contributed by atoms with Gasteiger partial charge in [0.1, 0.15) is 11.3 Å². The fraction of sp³-hybridized carbons (Fsp3) is 0.364. The molecule has 0 saturated heterocycles. The lowest BCUT2D eigenvalue weighted by Crippen LogP contribution is -2.06. The van der Waals surface area contributed by atoms with Crippen LogP contribution in [-0.4, -0.2) is 19.7 Å². The summed E-state index contributed by atoms with van der Waals surface area (Å²) in [7, 11) is 1.30. The minimum absolute atomic E-state index is 0.283. The normalized spacial score (nSPS) is 10.0. The van der Waals surface area contributed by atoms with Crippen molar-refractivity contribution in [2.24, 2.45) is 0 Å². The lowest BCUT2D eigenvalue weighted by atomic mass is 10.2. The monoisotopic (exact) mass is 262 g/mol. The molecule has 0 unspecified atom stereocenters. The van der Waals surface area contributed by atoms with Gasteiger partial charge in [-0.25, -0.2) is 4.79 Å². The lowest BCUT2D eigenvalue weighted by molar-refractivity contribution is 0.0596. The third-order valence-corrected chi connectivity index (χ3v) is 2.61. The first-order valence-corrected chi connectivity index (χ1v) is 5.55. The van der Waals surface area contributed by atoms with Crippen LogP contribution in [0.25, 0.3) is 0 Å². The molecule has 0 aromatic heterocycles. The van der Waals surface area contributed by atoms with Gasteiger partial charge in [0.25, 0.3) is 0 Å². The molecular weight excluding hydrogens is 251 g/mol. The molecular formula is C11H12Cl2O3. The van der Waals surface area contributed by atoms with Gasteiger partial charge in [-0.05, 0) is 12.5 Å². The largest absolute Gasteiger partial charge is 0.493 e. The van der Waals surface area contributed by atoms with Crippen molar-refractivity contribution < 1.29 is 14.3 Å². The second-order valence-corrected chi connectivity index (χ2v) is 3.92. The van der Waals surface area contributed by atoms with E-state index in [0.717, 1.165) is 6.42 Å². The summed E-state index contributed by atoms with van der Waals surface area (Å²) < 4.78 is 10.0. The number of hydrogen-bond acceptors (Lipinski definition) is 3. The molecule has 0 fully saturated rings. The number of methoxy groups -OCH3 is 1. The van der Waals surface area contributed by atoms with Crippen LogP contribution in [0.2, 0.25) is 10.0 Å². The van der Waals surface area contributed by atoms with E-state index in [2.05, 4.69) is 4.74 Å². The van der Waals surface area contributed by atoms with Crippen LogP contribution in [-0.2, 0) is 4.74 Å². The average Bonchev–Trinajstić information content (AvgIpc) is 2.29. The second kappa shape index (κ2) is 5.97. The van der Waals surface area contributed by atoms with Crippen LogP contribution in [0.3, 0.4) is 0 Å². The number of carbonyl (C=O) groups is 1. The molecule has 0 amide bonds. The van der Waals surface area contributed by atoms with E-state index >= 15 is 0 Å². The van der Waals surface area contributed by atoms with Crippen molar-refractivity contribution in [2.75, 3.05) is 13.7 Å². The Labute approximate surface area is 104 Å². The van der Waals surface area contributed by atoms with Crippen LogP contribution in [0.1, 0.15) is 23.7 Å². The summed E-state index contributed by atoms with van der Waals surface area (Å²) >= 11 is 11.7. The Morgan fingerprint density at radius 2 is 1.94 bits per heavy atom. The Morgan fingerprint density at radius 3 is 2.50 bits per heavy atom. The number of esters is 1. The number of halogens is 2. The standard InChI is InChI=1S/C11H12Cl2O3/c1-3-4-16-10-6-9(13)8(12)5-7(10)11(14)15-2/h5-6H,3-4H2,1-2H3. The van der Waals surface area contributed by atoms with Crippen molar-refractivity contribution in [1.82, 2.24) is 0 Å². The number of ether oxygens (including phenoxy) is 2. The zero-order valence-electron chi connectivity index (χ0n) is 9.05. The average molecular weight is 263 g/mol. The Morgan fingerprint density at radius 1 is 1.31 bits per heavy atom. The SMILES string of the molecule is CCCOc1cc(Cl)c(Cl)cc1C(=O)OC. The fourth-order valence-corrected chi connectivity index (χ4v) is 1.45. The fourth-order valence-electron chi connectivity index (χ4n) is 1.13. The number of hydrogen-bond donors (Lipinski definition) is 0. The van der Waals surface area contributed by atoms with Crippen LogP contribution in [0.5, 0.6) is 5.75 Å². The molecule has 0 aliphatic rings. The van der Waals surface area contributed by atoms with Gasteiger partial charge in [0.2, 0.25) is 0 Å². The quantitative estimate of drug-likeness (QED) is 0.779. The molecule has 0 saturated carbocycles. The van der Waals surface area contributed by atoms with Crippen LogP contribution < -0.4 is 4.74 Å². The van der Waals surface area contributed by atoms with Gasteiger partial charge in [0.15, 0.2) is 0 Å². The van der Waals surface area contributed by atoms with Gasteiger partial charge in [-0.15, -0.1) is 0 Å². The van der Waals surface area contributed by atoms with Crippen molar-refractivity contribution in [3.8, 4) is 5.75 Å². The molecule has 0 bridgehead atoms. The van der Waals surface area contributed by atoms with Crippen LogP contribution >= 0.6 is 23.2 Å². The predicted octanol–water partition coefficient (Wildman–Crippen LogP) is 3.57. The highest BCUT2D eigenvalue weighted by atomic mass is 35.5. The van der Waals surface area contributed by atoms with Gasteiger partial charge in [-0.3, -0.25) is 0 Å². The van der Waals surface area contributed by atoms with Crippen molar-refractivity contribution in [3.05, 3.63) is 27.7 Å². The van der Waals surface area contributed by atoms with E-state index in [4.69, 9.17) is 27.9 Å². The first kappa shape index (κ1) is 13.1. The van der Waals surface area contributed by atoms with E-state index in [1.807, 2.05) is 6.92 Å². The number of rotatable bonds is 4. The summed E-state index contributed by atoms with van der Waals surface area (Å²) in [6.07, 6.45) is 0.834. The van der Waals surface area contributed by atoms with Gasteiger partial charge in [0.05, 0.1) is 23.8 Å². The van der Waals surface area contributed by atoms with Crippen LogP contribution in [0.15, 0.2) is 12.1 Å². The first-order valence-electron chi connectivity index (χ1n) is 4.80. The molecule has 0 atom stereocenters. The molecule has 88 valence electrons. The zero-order chi connectivity index (χ0) is 12.1. The van der Waals surface area contributed by atoms with Gasteiger partial charge < -0.3 is 9.47 Å². The summed E-state index contributed by atoms with van der Waals surface area (Å²) in [5.74, 6) is -0.104. The number of benzene rings is 1. The Hall–Kier alpha value is -0.930. The highest BCUT2D eigenvalue weighted by Gasteiger charge is 2.16. The smallest absolute Gasteiger partial charge is 0.341 e. The van der Waals surface area contributed by atoms with E-state index in [1.54, 1.807) is 0 Å². The maximum atomic E-state index is 11.5. The third-order valence-electron chi connectivity index (χ3n) is 1.89. The molecule has 0 heterocycles. The first-order chi connectivity index (χ1) is 7.60. The number of carbonyl (C=O) groups excluding carboxylic acids is 1.